The number of alkyl halides is 3. The SMILES string of the molecule is CC(C)C(NC(=O)Cn1c(-c2ccccc2)ncc(N)c1=O)C(O)C(F)(F)F. The van der Waals surface area contributed by atoms with E-state index >= 15 is 0 Å². The van der Waals surface area contributed by atoms with Crippen LogP contribution in [0.1, 0.15) is 13.8 Å². The van der Waals surface area contributed by atoms with Crippen LogP contribution in [0, 0.1) is 5.92 Å². The van der Waals surface area contributed by atoms with Gasteiger partial charge >= 0.3 is 6.18 Å². The van der Waals surface area contributed by atoms with Crippen molar-refractivity contribution in [2.24, 2.45) is 5.92 Å². The Morgan fingerprint density at radius 2 is 1.89 bits per heavy atom. The maximum atomic E-state index is 12.9. The molecule has 0 saturated carbocycles. The van der Waals surface area contributed by atoms with Gasteiger partial charge in [0.2, 0.25) is 5.91 Å². The van der Waals surface area contributed by atoms with Crippen LogP contribution >= 0.6 is 0 Å². The average Bonchev–Trinajstić information content (AvgIpc) is 2.63. The number of aliphatic hydroxyl groups excluding tert-OH is 1. The highest BCUT2D eigenvalue weighted by atomic mass is 19.4. The van der Waals surface area contributed by atoms with Crippen LogP contribution in [0.2, 0.25) is 0 Å². The van der Waals surface area contributed by atoms with E-state index in [1.54, 1.807) is 30.3 Å². The number of carbonyl (C=O) groups excluding carboxylic acids is 1. The van der Waals surface area contributed by atoms with Gasteiger partial charge in [-0.25, -0.2) is 4.98 Å². The fraction of sp³-hybridized carbons (Fsp3) is 0.389. The third kappa shape index (κ3) is 4.89. The molecule has 0 spiro atoms. The molecule has 152 valence electrons. The number of hydrogen-bond acceptors (Lipinski definition) is 5. The van der Waals surface area contributed by atoms with Crippen LogP contribution in [0.15, 0.2) is 41.3 Å². The van der Waals surface area contributed by atoms with E-state index in [1.807, 2.05) is 0 Å². The van der Waals surface area contributed by atoms with Crippen molar-refractivity contribution in [3.8, 4) is 11.4 Å². The molecular weight excluding hydrogens is 377 g/mol. The molecule has 0 aliphatic rings. The van der Waals surface area contributed by atoms with Gasteiger partial charge in [-0.2, -0.15) is 13.2 Å². The van der Waals surface area contributed by atoms with Crippen molar-refractivity contribution >= 4 is 11.6 Å². The molecule has 0 fully saturated rings. The van der Waals surface area contributed by atoms with Gasteiger partial charge in [-0.05, 0) is 5.92 Å². The van der Waals surface area contributed by atoms with Crippen molar-refractivity contribution in [3.63, 3.8) is 0 Å². The summed E-state index contributed by atoms with van der Waals surface area (Å²) in [5, 5.41) is 11.7. The van der Waals surface area contributed by atoms with Crippen LogP contribution in [0.5, 0.6) is 0 Å². The summed E-state index contributed by atoms with van der Waals surface area (Å²) in [6.45, 7) is 2.27. The topological polar surface area (TPSA) is 110 Å². The largest absolute Gasteiger partial charge is 0.416 e. The maximum absolute atomic E-state index is 12.9. The Morgan fingerprint density at radius 1 is 1.29 bits per heavy atom. The summed E-state index contributed by atoms with van der Waals surface area (Å²) in [6, 6.07) is 6.92. The first-order valence-corrected chi connectivity index (χ1v) is 8.47. The van der Waals surface area contributed by atoms with E-state index in [0.717, 1.165) is 10.8 Å². The molecular formula is C18H21F3N4O3. The second kappa shape index (κ2) is 8.42. The number of halogens is 3. The number of benzene rings is 1. The number of anilines is 1. The molecule has 7 nitrogen and oxygen atoms in total. The highest BCUT2D eigenvalue weighted by molar-refractivity contribution is 5.77. The van der Waals surface area contributed by atoms with Crippen molar-refractivity contribution in [2.45, 2.75) is 38.7 Å². The fourth-order valence-corrected chi connectivity index (χ4v) is 2.66. The molecule has 2 rings (SSSR count). The van der Waals surface area contributed by atoms with E-state index in [9.17, 15) is 27.9 Å². The number of aromatic nitrogens is 2. The summed E-state index contributed by atoms with van der Waals surface area (Å²) < 4.78 is 39.6. The maximum Gasteiger partial charge on any atom is 0.416 e. The molecule has 0 aliphatic heterocycles. The lowest BCUT2D eigenvalue weighted by atomic mass is 9.98. The molecule has 1 amide bonds. The first-order chi connectivity index (χ1) is 13.0. The molecule has 0 radical (unpaired) electrons. The molecule has 28 heavy (non-hydrogen) atoms. The predicted molar refractivity (Wildman–Crippen MR) is 97.2 cm³/mol. The Balaban J connectivity index is 2.33. The normalized spacial score (nSPS) is 14.0. The molecule has 0 aliphatic carbocycles. The minimum Gasteiger partial charge on any atom is -0.393 e. The lowest BCUT2D eigenvalue weighted by molar-refractivity contribution is -0.215. The van der Waals surface area contributed by atoms with Crippen molar-refractivity contribution < 1.29 is 23.1 Å². The van der Waals surface area contributed by atoms with Gasteiger partial charge in [-0.15, -0.1) is 0 Å². The Hall–Kier alpha value is -2.88. The molecule has 10 heteroatoms. The number of carbonyl (C=O) groups is 1. The molecule has 2 aromatic rings. The van der Waals surface area contributed by atoms with E-state index in [0.29, 0.717) is 5.56 Å². The number of nitrogens with two attached hydrogens (primary N) is 1. The highest BCUT2D eigenvalue weighted by Crippen LogP contribution is 2.25. The summed E-state index contributed by atoms with van der Waals surface area (Å²) in [6.07, 6.45) is -6.48. The monoisotopic (exact) mass is 398 g/mol. The zero-order valence-electron chi connectivity index (χ0n) is 15.3. The van der Waals surface area contributed by atoms with Gasteiger partial charge in [0.05, 0.1) is 12.2 Å². The predicted octanol–water partition coefficient (Wildman–Crippen LogP) is 1.56. The zero-order valence-corrected chi connectivity index (χ0v) is 15.3. The lowest BCUT2D eigenvalue weighted by Crippen LogP contribution is -2.53. The van der Waals surface area contributed by atoms with E-state index in [4.69, 9.17) is 5.73 Å². The molecule has 0 saturated heterocycles. The molecule has 1 aromatic heterocycles. The number of nitrogens with zero attached hydrogens (tertiary/aromatic N) is 2. The molecule has 4 N–H and O–H groups in total. The van der Waals surface area contributed by atoms with Gasteiger partial charge in [0.1, 0.15) is 18.1 Å². The molecule has 0 bridgehead atoms. The summed E-state index contributed by atoms with van der Waals surface area (Å²) in [5.41, 5.74) is 5.21. The Labute approximate surface area is 159 Å². The smallest absolute Gasteiger partial charge is 0.393 e. The van der Waals surface area contributed by atoms with Crippen molar-refractivity contribution in [1.29, 1.82) is 0 Å². The molecule has 2 atom stereocenters. The van der Waals surface area contributed by atoms with Crippen LogP contribution in [-0.2, 0) is 11.3 Å². The van der Waals surface area contributed by atoms with Crippen LogP contribution < -0.4 is 16.6 Å². The van der Waals surface area contributed by atoms with Crippen molar-refractivity contribution in [3.05, 3.63) is 46.9 Å². The summed E-state index contributed by atoms with van der Waals surface area (Å²) in [4.78, 5) is 28.9. The van der Waals surface area contributed by atoms with E-state index in [-0.39, 0.29) is 11.5 Å². The first kappa shape index (κ1) is 21.4. The van der Waals surface area contributed by atoms with Crippen LogP contribution in [0.3, 0.4) is 0 Å². The quantitative estimate of drug-likeness (QED) is 0.684. The second-order valence-corrected chi connectivity index (χ2v) is 6.62. The van der Waals surface area contributed by atoms with Gasteiger partial charge in [-0.3, -0.25) is 14.2 Å². The summed E-state index contributed by atoms with van der Waals surface area (Å²) in [5.74, 6) is -1.44. The number of hydrogen-bond donors (Lipinski definition) is 3. The third-order valence-electron chi connectivity index (χ3n) is 4.13. The first-order valence-electron chi connectivity index (χ1n) is 8.47. The molecule has 1 aromatic carbocycles. The fourth-order valence-electron chi connectivity index (χ4n) is 2.66. The standard InChI is InChI=1S/C18H21F3N4O3/c1-10(2)14(15(27)18(19,20)21)24-13(26)9-25-16(11-6-4-3-5-7-11)23-8-12(22)17(25)28/h3-8,10,14-15,27H,9,22H2,1-2H3,(H,24,26). The third-order valence-corrected chi connectivity index (χ3v) is 4.13. The second-order valence-electron chi connectivity index (χ2n) is 6.62. The minimum atomic E-state index is -4.90. The Kier molecular flexibility index (Phi) is 6.45. The van der Waals surface area contributed by atoms with E-state index in [2.05, 4.69) is 10.3 Å². The van der Waals surface area contributed by atoms with Gasteiger partial charge in [0.25, 0.3) is 5.56 Å². The Morgan fingerprint density at radius 3 is 2.43 bits per heavy atom. The van der Waals surface area contributed by atoms with Crippen molar-refractivity contribution in [2.75, 3.05) is 5.73 Å². The average molecular weight is 398 g/mol. The number of aliphatic hydroxyl groups is 1. The molecule has 2 unspecified atom stereocenters. The number of nitrogen functional groups attached to an aromatic ring is 1. The summed E-state index contributed by atoms with van der Waals surface area (Å²) >= 11 is 0. The van der Waals surface area contributed by atoms with Gasteiger partial charge < -0.3 is 16.2 Å². The van der Waals surface area contributed by atoms with Gasteiger partial charge in [0, 0.05) is 5.56 Å². The zero-order chi connectivity index (χ0) is 21.1. The minimum absolute atomic E-state index is 0.146. The van der Waals surface area contributed by atoms with Crippen LogP contribution in [0.4, 0.5) is 18.9 Å². The summed E-state index contributed by atoms with van der Waals surface area (Å²) in [7, 11) is 0. The Bertz CT molecular complexity index is 882. The van der Waals surface area contributed by atoms with Gasteiger partial charge in [0.15, 0.2) is 6.10 Å². The number of rotatable bonds is 6. The van der Waals surface area contributed by atoms with E-state index in [1.165, 1.54) is 13.8 Å². The van der Waals surface area contributed by atoms with Crippen LogP contribution in [-0.4, -0.2) is 38.9 Å². The lowest BCUT2D eigenvalue weighted by Gasteiger charge is -2.29. The number of nitrogens with one attached hydrogen (secondary N) is 1. The van der Waals surface area contributed by atoms with Crippen molar-refractivity contribution in [1.82, 2.24) is 14.9 Å². The van der Waals surface area contributed by atoms with Gasteiger partial charge in [-0.1, -0.05) is 44.2 Å². The molecule has 1 heterocycles. The number of amides is 1. The van der Waals surface area contributed by atoms with E-state index < -0.39 is 42.3 Å². The van der Waals surface area contributed by atoms with Crippen LogP contribution in [0.25, 0.3) is 11.4 Å². The highest BCUT2D eigenvalue weighted by Gasteiger charge is 2.45.